The molecule has 2 aromatic carbocycles. The molecule has 3 saturated carbocycles. The van der Waals surface area contributed by atoms with Crippen molar-refractivity contribution >= 4 is 0 Å². The number of benzene rings is 2. The predicted molar refractivity (Wildman–Crippen MR) is 142 cm³/mol. The predicted octanol–water partition coefficient (Wildman–Crippen LogP) is 8.84. The highest BCUT2D eigenvalue weighted by atomic mass is 16.5. The fourth-order valence-corrected chi connectivity index (χ4v) is 6.61. The standard InChI is InChI=1S/C32H40N2O/c1-3-5-6-7-8-15-31-16-19-32(20-17-31,21-18-31)30-14-13-27(28(23-33)29(30)24-34)25-9-11-26(12-10-25)35-22-4-2/h9-14H,3-8,15-22H2,1-2H3. The molecule has 5 rings (SSSR count). The molecule has 0 amide bonds. The van der Waals surface area contributed by atoms with E-state index >= 15 is 0 Å². The van der Waals surface area contributed by atoms with Crippen LogP contribution in [0, 0.1) is 28.1 Å². The summed E-state index contributed by atoms with van der Waals surface area (Å²) in [5.74, 6) is 0.836. The lowest BCUT2D eigenvalue weighted by atomic mass is 9.50. The van der Waals surface area contributed by atoms with Gasteiger partial charge in [0.1, 0.15) is 17.9 Å². The van der Waals surface area contributed by atoms with Crippen LogP contribution in [0.3, 0.4) is 0 Å². The molecule has 3 heteroatoms. The number of hydrogen-bond donors (Lipinski definition) is 0. The zero-order valence-electron chi connectivity index (χ0n) is 21.7. The van der Waals surface area contributed by atoms with Crippen LogP contribution in [0.2, 0.25) is 0 Å². The van der Waals surface area contributed by atoms with Crippen molar-refractivity contribution in [3.8, 4) is 29.0 Å². The van der Waals surface area contributed by atoms with Gasteiger partial charge in [0, 0.05) is 5.56 Å². The molecule has 0 heterocycles. The van der Waals surface area contributed by atoms with Gasteiger partial charge in [-0.1, -0.05) is 70.2 Å². The highest BCUT2D eigenvalue weighted by molar-refractivity contribution is 5.75. The third kappa shape index (κ3) is 5.26. The lowest BCUT2D eigenvalue weighted by Gasteiger charge is -2.54. The largest absolute Gasteiger partial charge is 0.494 e. The second-order valence-electron chi connectivity index (χ2n) is 11.0. The molecule has 3 aliphatic carbocycles. The molecule has 0 atom stereocenters. The first-order valence-corrected chi connectivity index (χ1v) is 13.8. The molecule has 184 valence electrons. The van der Waals surface area contributed by atoms with Crippen molar-refractivity contribution in [3.05, 3.63) is 53.1 Å². The maximum Gasteiger partial charge on any atom is 0.119 e. The summed E-state index contributed by atoms with van der Waals surface area (Å²) in [4.78, 5) is 0. The van der Waals surface area contributed by atoms with Gasteiger partial charge in [0.05, 0.1) is 17.7 Å². The summed E-state index contributed by atoms with van der Waals surface area (Å²) in [6, 6.07) is 17.0. The third-order valence-electron chi connectivity index (χ3n) is 8.85. The van der Waals surface area contributed by atoms with Crippen LogP contribution >= 0.6 is 0 Å². The van der Waals surface area contributed by atoms with Gasteiger partial charge in [0.25, 0.3) is 0 Å². The molecule has 2 bridgehead atoms. The number of fused-ring (bicyclic) bond motifs is 3. The molecule has 0 aromatic heterocycles. The van der Waals surface area contributed by atoms with Crippen molar-refractivity contribution in [1.29, 1.82) is 10.5 Å². The fraction of sp³-hybridized carbons (Fsp3) is 0.562. The Morgan fingerprint density at radius 3 is 2.00 bits per heavy atom. The normalized spacial score (nSPS) is 23.0. The van der Waals surface area contributed by atoms with E-state index in [1.165, 1.54) is 57.8 Å². The van der Waals surface area contributed by atoms with E-state index in [-0.39, 0.29) is 5.41 Å². The molecule has 3 aliphatic rings. The van der Waals surface area contributed by atoms with E-state index in [1.54, 1.807) is 0 Å². The summed E-state index contributed by atoms with van der Waals surface area (Å²) in [6.45, 7) is 5.06. The van der Waals surface area contributed by atoms with Gasteiger partial charge in [-0.15, -0.1) is 0 Å². The highest BCUT2D eigenvalue weighted by Crippen LogP contribution is 2.60. The van der Waals surface area contributed by atoms with Gasteiger partial charge in [-0.3, -0.25) is 0 Å². The number of nitriles is 2. The van der Waals surface area contributed by atoms with Crippen molar-refractivity contribution in [3.63, 3.8) is 0 Å². The summed E-state index contributed by atoms with van der Waals surface area (Å²) in [5.41, 5.74) is 4.65. The average Bonchev–Trinajstić information content (AvgIpc) is 2.92. The number of ether oxygens (including phenoxy) is 1. The molecule has 0 radical (unpaired) electrons. The maximum atomic E-state index is 10.2. The number of nitrogens with zero attached hydrogens (tertiary/aromatic N) is 2. The number of hydrogen-bond acceptors (Lipinski definition) is 3. The molecule has 0 N–H and O–H groups in total. The maximum absolute atomic E-state index is 10.2. The van der Waals surface area contributed by atoms with E-state index in [0.717, 1.165) is 48.1 Å². The van der Waals surface area contributed by atoms with Crippen LogP contribution in [0.25, 0.3) is 11.1 Å². The summed E-state index contributed by atoms with van der Waals surface area (Å²) in [6.07, 6.45) is 16.4. The SMILES string of the molecule is CCCCCCCC12CCC(c3ccc(-c4ccc(OCCC)cc4)c(C#N)c3C#N)(CC1)CC2. The number of rotatable bonds is 11. The van der Waals surface area contributed by atoms with Crippen LogP contribution in [-0.4, -0.2) is 6.61 Å². The van der Waals surface area contributed by atoms with Gasteiger partial charge in [0.2, 0.25) is 0 Å². The Labute approximate surface area is 212 Å². The van der Waals surface area contributed by atoms with Crippen molar-refractivity contribution in [2.45, 2.75) is 103 Å². The molecule has 0 unspecified atom stereocenters. The topological polar surface area (TPSA) is 56.8 Å². The molecule has 35 heavy (non-hydrogen) atoms. The van der Waals surface area contributed by atoms with Crippen LogP contribution in [-0.2, 0) is 5.41 Å². The first-order chi connectivity index (χ1) is 17.1. The van der Waals surface area contributed by atoms with Crippen molar-refractivity contribution in [2.24, 2.45) is 5.41 Å². The van der Waals surface area contributed by atoms with E-state index in [1.807, 2.05) is 24.3 Å². The molecule has 0 spiro atoms. The Morgan fingerprint density at radius 2 is 1.40 bits per heavy atom. The Kier molecular flexibility index (Phi) is 8.18. The Hall–Kier alpha value is -2.78. The molecule has 0 saturated heterocycles. The first kappa shape index (κ1) is 25.3. The summed E-state index contributed by atoms with van der Waals surface area (Å²) >= 11 is 0. The molecular formula is C32H40N2O. The van der Waals surface area contributed by atoms with E-state index in [0.29, 0.717) is 23.1 Å². The van der Waals surface area contributed by atoms with Crippen LogP contribution in [0.4, 0.5) is 0 Å². The van der Waals surface area contributed by atoms with E-state index < -0.39 is 0 Å². The van der Waals surface area contributed by atoms with E-state index in [9.17, 15) is 10.5 Å². The monoisotopic (exact) mass is 468 g/mol. The molecule has 3 nitrogen and oxygen atoms in total. The van der Waals surface area contributed by atoms with Gasteiger partial charge in [-0.05, 0) is 85.5 Å². The van der Waals surface area contributed by atoms with Crippen molar-refractivity contribution in [2.75, 3.05) is 6.61 Å². The van der Waals surface area contributed by atoms with Gasteiger partial charge in [0.15, 0.2) is 0 Å². The van der Waals surface area contributed by atoms with Crippen LogP contribution in [0.1, 0.15) is 114 Å². The highest BCUT2D eigenvalue weighted by Gasteiger charge is 2.49. The average molecular weight is 469 g/mol. The summed E-state index contributed by atoms with van der Waals surface area (Å²) in [5, 5.41) is 20.3. The van der Waals surface area contributed by atoms with Crippen LogP contribution in [0.5, 0.6) is 5.75 Å². The quantitative estimate of drug-likeness (QED) is 0.309. The zero-order valence-corrected chi connectivity index (χ0v) is 21.7. The molecular weight excluding hydrogens is 428 g/mol. The molecule has 2 aromatic rings. The summed E-state index contributed by atoms with van der Waals surface area (Å²) in [7, 11) is 0. The minimum absolute atomic E-state index is 0.0665. The summed E-state index contributed by atoms with van der Waals surface area (Å²) < 4.78 is 5.71. The minimum atomic E-state index is 0.0665. The second-order valence-corrected chi connectivity index (χ2v) is 11.0. The lowest BCUT2D eigenvalue weighted by Crippen LogP contribution is -2.44. The van der Waals surface area contributed by atoms with Gasteiger partial charge in [-0.2, -0.15) is 10.5 Å². The van der Waals surface area contributed by atoms with Crippen LogP contribution in [0.15, 0.2) is 36.4 Å². The van der Waals surface area contributed by atoms with E-state index in [2.05, 4.69) is 38.1 Å². The van der Waals surface area contributed by atoms with Gasteiger partial charge >= 0.3 is 0 Å². The second kappa shape index (κ2) is 11.3. The number of unbranched alkanes of at least 4 members (excludes halogenated alkanes) is 4. The van der Waals surface area contributed by atoms with Gasteiger partial charge < -0.3 is 4.74 Å². The van der Waals surface area contributed by atoms with Crippen molar-refractivity contribution in [1.82, 2.24) is 0 Å². The first-order valence-electron chi connectivity index (χ1n) is 13.8. The van der Waals surface area contributed by atoms with E-state index in [4.69, 9.17) is 4.74 Å². The van der Waals surface area contributed by atoms with Crippen LogP contribution < -0.4 is 4.74 Å². The van der Waals surface area contributed by atoms with Crippen molar-refractivity contribution < 1.29 is 4.74 Å². The Balaban J connectivity index is 1.54. The fourth-order valence-electron chi connectivity index (χ4n) is 6.61. The third-order valence-corrected chi connectivity index (χ3v) is 8.85. The minimum Gasteiger partial charge on any atom is -0.494 e. The Morgan fingerprint density at radius 1 is 0.743 bits per heavy atom. The molecule has 3 fully saturated rings. The molecule has 0 aliphatic heterocycles. The smallest absolute Gasteiger partial charge is 0.119 e. The van der Waals surface area contributed by atoms with Gasteiger partial charge in [-0.25, -0.2) is 0 Å². The lowest BCUT2D eigenvalue weighted by molar-refractivity contribution is 0.0303. The zero-order chi connectivity index (χ0) is 24.7. The Bertz CT molecular complexity index is 1060.